The average molecular weight is 458 g/mol. The number of ether oxygens (including phenoxy) is 1. The Morgan fingerprint density at radius 2 is 1.81 bits per heavy atom. The van der Waals surface area contributed by atoms with Gasteiger partial charge >= 0.3 is 11.8 Å². The summed E-state index contributed by atoms with van der Waals surface area (Å²) in [5.41, 5.74) is -0.229. The fourth-order valence-corrected chi connectivity index (χ4v) is 4.54. The van der Waals surface area contributed by atoms with E-state index in [9.17, 15) is 28.1 Å². The summed E-state index contributed by atoms with van der Waals surface area (Å²) in [6.45, 7) is 6.53. The molecule has 2 N–H and O–H groups in total. The molecular weight excluding hydrogens is 430 g/mol. The van der Waals surface area contributed by atoms with E-state index in [0.29, 0.717) is 13.1 Å². The normalized spacial score (nSPS) is 16.9. The van der Waals surface area contributed by atoms with E-state index in [1.807, 2.05) is 13.8 Å². The van der Waals surface area contributed by atoms with Gasteiger partial charge in [0.1, 0.15) is 6.23 Å². The highest BCUT2D eigenvalue weighted by Gasteiger charge is 2.36. The number of nitro groups is 1. The second-order valence-electron chi connectivity index (χ2n) is 6.69. The standard InChI is InChI=1S/C18H27N5O7S/c1-3-21(4-2)10-9-19-17(24)18(25)20-13-16-22(11-12-30-16)31(28,29)15-7-5-14(6-8-15)23(26)27/h5-8,16H,3-4,9-13H2,1-2H3,(H,19,24)(H,20,25)/t16-/m1/s1. The molecule has 1 fully saturated rings. The lowest BCUT2D eigenvalue weighted by molar-refractivity contribution is -0.384. The van der Waals surface area contributed by atoms with Gasteiger partial charge in [-0.3, -0.25) is 19.7 Å². The third kappa shape index (κ3) is 6.43. The molecule has 172 valence electrons. The molecule has 1 aliphatic heterocycles. The van der Waals surface area contributed by atoms with Crippen LogP contribution in [0.25, 0.3) is 0 Å². The molecule has 0 spiro atoms. The highest BCUT2D eigenvalue weighted by molar-refractivity contribution is 7.89. The first-order valence-corrected chi connectivity index (χ1v) is 11.3. The number of nitrogens with one attached hydrogen (secondary N) is 2. The summed E-state index contributed by atoms with van der Waals surface area (Å²) in [6.07, 6.45) is -0.993. The van der Waals surface area contributed by atoms with Gasteiger partial charge in [-0.05, 0) is 25.2 Å². The van der Waals surface area contributed by atoms with Crippen LogP contribution in [0.3, 0.4) is 0 Å². The maximum absolute atomic E-state index is 12.8. The van der Waals surface area contributed by atoms with Crippen molar-refractivity contribution in [1.29, 1.82) is 0 Å². The number of carbonyl (C=O) groups is 2. The predicted molar refractivity (Wildman–Crippen MR) is 111 cm³/mol. The van der Waals surface area contributed by atoms with Crippen molar-refractivity contribution >= 4 is 27.5 Å². The highest BCUT2D eigenvalue weighted by atomic mass is 32.2. The van der Waals surface area contributed by atoms with E-state index in [-0.39, 0.29) is 30.3 Å². The molecule has 12 nitrogen and oxygen atoms in total. The molecule has 1 heterocycles. The number of sulfonamides is 1. The van der Waals surface area contributed by atoms with Crippen LogP contribution in [0, 0.1) is 10.1 Å². The highest BCUT2D eigenvalue weighted by Crippen LogP contribution is 2.23. The van der Waals surface area contributed by atoms with Crippen LogP contribution >= 0.6 is 0 Å². The zero-order chi connectivity index (χ0) is 23.0. The minimum Gasteiger partial charge on any atom is -0.359 e. The fraction of sp³-hybridized carbons (Fsp3) is 0.556. The van der Waals surface area contributed by atoms with Crippen molar-refractivity contribution in [3.8, 4) is 0 Å². The zero-order valence-corrected chi connectivity index (χ0v) is 18.3. The number of likely N-dealkylation sites (N-methyl/N-ethyl adjacent to an activating group) is 1. The topological polar surface area (TPSA) is 151 Å². The van der Waals surface area contributed by atoms with Gasteiger partial charge in [-0.1, -0.05) is 13.8 Å². The van der Waals surface area contributed by atoms with Crippen LogP contribution in [-0.4, -0.2) is 86.5 Å². The summed E-state index contributed by atoms with van der Waals surface area (Å²) in [5, 5.41) is 15.7. The maximum Gasteiger partial charge on any atom is 0.309 e. The fourth-order valence-electron chi connectivity index (χ4n) is 3.02. The smallest absolute Gasteiger partial charge is 0.309 e. The van der Waals surface area contributed by atoms with Crippen molar-refractivity contribution in [2.75, 3.05) is 45.9 Å². The van der Waals surface area contributed by atoms with Crippen molar-refractivity contribution in [2.24, 2.45) is 0 Å². The first kappa shape index (κ1) is 24.7. The van der Waals surface area contributed by atoms with Crippen molar-refractivity contribution in [2.45, 2.75) is 25.0 Å². The van der Waals surface area contributed by atoms with Crippen LogP contribution in [0.2, 0.25) is 0 Å². The largest absolute Gasteiger partial charge is 0.359 e. The maximum atomic E-state index is 12.8. The lowest BCUT2D eigenvalue weighted by Crippen LogP contribution is -2.48. The van der Waals surface area contributed by atoms with Gasteiger partial charge in [-0.2, -0.15) is 4.31 Å². The molecule has 13 heteroatoms. The van der Waals surface area contributed by atoms with Gasteiger partial charge in [-0.15, -0.1) is 0 Å². The molecule has 0 aromatic heterocycles. The average Bonchev–Trinajstić information content (AvgIpc) is 3.24. The number of carbonyl (C=O) groups excluding carboxylic acids is 2. The van der Waals surface area contributed by atoms with E-state index >= 15 is 0 Å². The van der Waals surface area contributed by atoms with Gasteiger partial charge in [0.05, 0.1) is 23.0 Å². The minimum atomic E-state index is -4.00. The Balaban J connectivity index is 1.92. The second kappa shape index (κ2) is 11.1. The monoisotopic (exact) mass is 457 g/mol. The zero-order valence-electron chi connectivity index (χ0n) is 17.4. The quantitative estimate of drug-likeness (QED) is 0.271. The number of hydrogen-bond donors (Lipinski definition) is 2. The van der Waals surface area contributed by atoms with E-state index in [4.69, 9.17) is 4.74 Å². The molecule has 1 saturated heterocycles. The summed E-state index contributed by atoms with van der Waals surface area (Å²) in [6, 6.07) is 4.49. The van der Waals surface area contributed by atoms with Gasteiger partial charge in [0.2, 0.25) is 10.0 Å². The number of rotatable bonds is 10. The van der Waals surface area contributed by atoms with Crippen molar-refractivity contribution in [3.05, 3.63) is 34.4 Å². The third-order valence-corrected chi connectivity index (χ3v) is 6.75. The lowest BCUT2D eigenvalue weighted by atomic mass is 10.3. The number of hydrogen-bond acceptors (Lipinski definition) is 8. The van der Waals surface area contributed by atoms with Gasteiger partial charge in [0.25, 0.3) is 5.69 Å². The van der Waals surface area contributed by atoms with Gasteiger partial charge in [0.15, 0.2) is 0 Å². The third-order valence-electron chi connectivity index (χ3n) is 4.85. The Kier molecular flexibility index (Phi) is 8.86. The summed E-state index contributed by atoms with van der Waals surface area (Å²) in [4.78, 5) is 36.0. The molecule has 31 heavy (non-hydrogen) atoms. The molecule has 0 radical (unpaired) electrons. The molecular formula is C18H27N5O7S. The molecule has 1 atom stereocenters. The molecule has 0 aliphatic carbocycles. The van der Waals surface area contributed by atoms with Crippen LogP contribution in [0.4, 0.5) is 5.69 Å². The number of non-ortho nitro benzene ring substituents is 1. The Hall–Kier alpha value is -2.61. The van der Waals surface area contributed by atoms with E-state index in [0.717, 1.165) is 41.7 Å². The summed E-state index contributed by atoms with van der Waals surface area (Å²) < 4.78 is 32.1. The van der Waals surface area contributed by atoms with Gasteiger partial charge in [0, 0.05) is 31.8 Å². The van der Waals surface area contributed by atoms with Gasteiger partial charge < -0.3 is 20.3 Å². The van der Waals surface area contributed by atoms with Gasteiger partial charge in [-0.25, -0.2) is 8.42 Å². The molecule has 1 aromatic carbocycles. The number of nitrogens with zero attached hydrogens (tertiary/aromatic N) is 3. The Labute approximate surface area is 180 Å². The molecule has 0 unspecified atom stereocenters. The van der Waals surface area contributed by atoms with Crippen molar-refractivity contribution in [3.63, 3.8) is 0 Å². The molecule has 0 saturated carbocycles. The first-order valence-electron chi connectivity index (χ1n) is 9.87. The SMILES string of the molecule is CCN(CC)CCNC(=O)C(=O)NC[C@H]1OCCN1S(=O)(=O)c1ccc([N+](=O)[O-])cc1. The van der Waals surface area contributed by atoms with Crippen LogP contribution < -0.4 is 10.6 Å². The molecule has 2 rings (SSSR count). The summed E-state index contributed by atoms with van der Waals surface area (Å²) >= 11 is 0. The molecule has 1 aliphatic rings. The Morgan fingerprint density at radius 1 is 1.19 bits per heavy atom. The Bertz CT molecular complexity index is 887. The van der Waals surface area contributed by atoms with Crippen LogP contribution in [0.5, 0.6) is 0 Å². The van der Waals surface area contributed by atoms with Crippen molar-refractivity contribution < 1.29 is 27.7 Å². The Morgan fingerprint density at radius 3 is 2.39 bits per heavy atom. The second-order valence-corrected chi connectivity index (χ2v) is 8.58. The van der Waals surface area contributed by atoms with Crippen LogP contribution in [-0.2, 0) is 24.3 Å². The first-order chi connectivity index (χ1) is 14.7. The van der Waals surface area contributed by atoms with Crippen LogP contribution in [0.15, 0.2) is 29.2 Å². The van der Waals surface area contributed by atoms with Crippen LogP contribution in [0.1, 0.15) is 13.8 Å². The van der Waals surface area contributed by atoms with E-state index in [1.54, 1.807) is 0 Å². The van der Waals surface area contributed by atoms with E-state index < -0.39 is 33.0 Å². The summed E-state index contributed by atoms with van der Waals surface area (Å²) in [7, 11) is -4.00. The minimum absolute atomic E-state index is 0.0515. The van der Waals surface area contributed by atoms with E-state index in [2.05, 4.69) is 15.5 Å². The van der Waals surface area contributed by atoms with Crippen molar-refractivity contribution in [1.82, 2.24) is 19.8 Å². The number of benzene rings is 1. The number of nitro benzene ring substituents is 1. The summed E-state index contributed by atoms with van der Waals surface area (Å²) in [5.74, 6) is -1.70. The molecule has 2 amide bonds. The number of amides is 2. The predicted octanol–water partition coefficient (Wildman–Crippen LogP) is -0.484. The molecule has 1 aromatic rings. The lowest BCUT2D eigenvalue weighted by Gasteiger charge is -2.23. The van der Waals surface area contributed by atoms with E-state index in [1.165, 1.54) is 0 Å². The molecule has 0 bridgehead atoms.